The van der Waals surface area contributed by atoms with Gasteiger partial charge in [0.2, 0.25) is 0 Å². The highest BCUT2D eigenvalue weighted by molar-refractivity contribution is 4.98. The lowest BCUT2D eigenvalue weighted by Gasteiger charge is -2.48. The predicted molar refractivity (Wildman–Crippen MR) is 82.8 cm³/mol. The third-order valence-electron chi connectivity index (χ3n) is 5.11. The Morgan fingerprint density at radius 1 is 1.04 bits per heavy atom. The summed E-state index contributed by atoms with van der Waals surface area (Å²) in [4.78, 5) is 0. The van der Waals surface area contributed by atoms with E-state index in [0.29, 0.717) is 6.61 Å². The average molecular weight is 330 g/mol. The fourth-order valence-corrected chi connectivity index (χ4v) is 3.92. The third kappa shape index (κ3) is 3.57. The van der Waals surface area contributed by atoms with Gasteiger partial charge in [-0.3, -0.25) is 0 Å². The maximum absolute atomic E-state index is 9.25. The molecule has 0 aliphatic carbocycles. The maximum atomic E-state index is 9.25. The van der Waals surface area contributed by atoms with Crippen molar-refractivity contribution in [3.8, 4) is 0 Å². The Bertz CT molecular complexity index is 437. The van der Waals surface area contributed by atoms with Gasteiger partial charge in [0.05, 0.1) is 31.5 Å². The zero-order valence-corrected chi connectivity index (χ0v) is 14.9. The molecule has 0 aromatic heterocycles. The molecule has 0 aromatic rings. The van der Waals surface area contributed by atoms with Crippen molar-refractivity contribution < 1.29 is 28.8 Å². The molecule has 3 aliphatic rings. The van der Waals surface area contributed by atoms with E-state index in [2.05, 4.69) is 13.8 Å². The largest absolute Gasteiger partial charge is 0.394 e. The van der Waals surface area contributed by atoms with Gasteiger partial charge >= 0.3 is 0 Å². The Hall–Kier alpha value is -0.240. The summed E-state index contributed by atoms with van der Waals surface area (Å²) in [7, 11) is 0. The van der Waals surface area contributed by atoms with E-state index < -0.39 is 11.6 Å². The number of rotatable bonds is 4. The summed E-state index contributed by atoms with van der Waals surface area (Å²) >= 11 is 0. The molecule has 6 heteroatoms. The van der Waals surface area contributed by atoms with Crippen LogP contribution >= 0.6 is 0 Å². The molecule has 3 rings (SSSR count). The van der Waals surface area contributed by atoms with Gasteiger partial charge in [-0.1, -0.05) is 13.8 Å². The van der Waals surface area contributed by atoms with Crippen LogP contribution in [0.25, 0.3) is 0 Å². The smallest absolute Gasteiger partial charge is 0.163 e. The molecule has 3 saturated heterocycles. The van der Waals surface area contributed by atoms with Crippen LogP contribution in [-0.2, 0) is 23.7 Å². The van der Waals surface area contributed by atoms with Crippen LogP contribution in [0.5, 0.6) is 0 Å². The van der Waals surface area contributed by atoms with Gasteiger partial charge in [-0.25, -0.2) is 0 Å². The Balaban J connectivity index is 1.73. The van der Waals surface area contributed by atoms with Crippen LogP contribution in [0.1, 0.15) is 41.5 Å². The molecule has 3 heterocycles. The first kappa shape index (κ1) is 17.6. The number of aliphatic hydroxyl groups excluding tert-OH is 1. The fraction of sp³-hybridized carbons (Fsp3) is 1.00. The molecule has 23 heavy (non-hydrogen) atoms. The SMILES string of the molecule is C[C@@H]([C@H]1OC(C)(C)O[C@H]([C@H]2COC(C)(C)O2)[C@H]1C)[C@H]1O[C@@H]1CO. The summed E-state index contributed by atoms with van der Waals surface area (Å²) in [6.45, 7) is 12.6. The van der Waals surface area contributed by atoms with Gasteiger partial charge < -0.3 is 28.8 Å². The summed E-state index contributed by atoms with van der Waals surface area (Å²) in [5.74, 6) is -0.929. The Morgan fingerprint density at radius 2 is 1.74 bits per heavy atom. The molecule has 0 unspecified atom stereocenters. The fourth-order valence-electron chi connectivity index (χ4n) is 3.92. The summed E-state index contributed by atoms with van der Waals surface area (Å²) in [5, 5.41) is 9.25. The minimum atomic E-state index is -0.685. The van der Waals surface area contributed by atoms with E-state index in [1.165, 1.54) is 0 Å². The van der Waals surface area contributed by atoms with Crippen molar-refractivity contribution in [3.63, 3.8) is 0 Å². The van der Waals surface area contributed by atoms with E-state index in [9.17, 15) is 5.11 Å². The zero-order valence-electron chi connectivity index (χ0n) is 14.9. The highest BCUT2D eigenvalue weighted by atomic mass is 16.8. The second kappa shape index (κ2) is 5.93. The van der Waals surface area contributed by atoms with E-state index in [0.717, 1.165) is 0 Å². The minimum absolute atomic E-state index is 0.0161. The molecule has 0 aromatic carbocycles. The Labute approximate surface area is 138 Å². The van der Waals surface area contributed by atoms with Crippen molar-refractivity contribution in [2.24, 2.45) is 11.8 Å². The van der Waals surface area contributed by atoms with E-state index in [1.807, 2.05) is 27.7 Å². The van der Waals surface area contributed by atoms with Crippen molar-refractivity contribution in [2.75, 3.05) is 13.2 Å². The molecule has 1 N–H and O–H groups in total. The number of aliphatic hydroxyl groups is 1. The summed E-state index contributed by atoms with van der Waals surface area (Å²) in [6, 6.07) is 0. The lowest BCUT2D eigenvalue weighted by molar-refractivity contribution is -0.342. The lowest BCUT2D eigenvalue weighted by Crippen LogP contribution is -2.57. The van der Waals surface area contributed by atoms with Gasteiger partial charge in [-0.2, -0.15) is 0 Å². The van der Waals surface area contributed by atoms with Crippen molar-refractivity contribution in [2.45, 2.75) is 83.6 Å². The third-order valence-corrected chi connectivity index (χ3v) is 5.11. The first-order chi connectivity index (χ1) is 10.6. The molecule has 3 fully saturated rings. The Morgan fingerprint density at radius 3 is 2.26 bits per heavy atom. The quantitative estimate of drug-likeness (QED) is 0.791. The normalized spacial score (nSPS) is 46.6. The summed E-state index contributed by atoms with van der Waals surface area (Å²) in [5.41, 5.74) is 0. The molecule has 0 spiro atoms. The van der Waals surface area contributed by atoms with Crippen LogP contribution < -0.4 is 0 Å². The molecule has 0 amide bonds. The van der Waals surface area contributed by atoms with Crippen LogP contribution in [0, 0.1) is 11.8 Å². The number of ether oxygens (including phenoxy) is 5. The minimum Gasteiger partial charge on any atom is -0.394 e. The van der Waals surface area contributed by atoms with Crippen LogP contribution in [0.15, 0.2) is 0 Å². The monoisotopic (exact) mass is 330 g/mol. The van der Waals surface area contributed by atoms with Gasteiger partial charge in [0.25, 0.3) is 0 Å². The molecule has 0 bridgehead atoms. The summed E-state index contributed by atoms with van der Waals surface area (Å²) < 4.78 is 29.7. The molecule has 6 nitrogen and oxygen atoms in total. The highest BCUT2D eigenvalue weighted by Crippen LogP contribution is 2.43. The molecule has 0 radical (unpaired) electrons. The average Bonchev–Trinajstić information content (AvgIpc) is 3.16. The van der Waals surface area contributed by atoms with E-state index in [4.69, 9.17) is 23.7 Å². The zero-order chi connectivity index (χ0) is 17.0. The lowest BCUT2D eigenvalue weighted by atomic mass is 9.83. The van der Waals surface area contributed by atoms with E-state index in [1.54, 1.807) is 0 Å². The first-order valence-corrected chi connectivity index (χ1v) is 8.57. The second-order valence-corrected chi connectivity index (χ2v) is 7.97. The van der Waals surface area contributed by atoms with E-state index in [-0.39, 0.29) is 49.0 Å². The van der Waals surface area contributed by atoms with Crippen molar-refractivity contribution in [1.82, 2.24) is 0 Å². The van der Waals surface area contributed by atoms with Gasteiger partial charge in [-0.15, -0.1) is 0 Å². The second-order valence-electron chi connectivity index (χ2n) is 7.97. The first-order valence-electron chi connectivity index (χ1n) is 8.57. The van der Waals surface area contributed by atoms with Crippen LogP contribution in [0.3, 0.4) is 0 Å². The van der Waals surface area contributed by atoms with E-state index >= 15 is 0 Å². The van der Waals surface area contributed by atoms with Crippen molar-refractivity contribution in [1.29, 1.82) is 0 Å². The Kier molecular flexibility index (Phi) is 4.53. The predicted octanol–water partition coefficient (Wildman–Crippen LogP) is 1.69. The number of hydrogen-bond acceptors (Lipinski definition) is 6. The van der Waals surface area contributed by atoms with Crippen molar-refractivity contribution >= 4 is 0 Å². The number of hydrogen-bond donors (Lipinski definition) is 1. The van der Waals surface area contributed by atoms with Gasteiger partial charge in [0.15, 0.2) is 11.6 Å². The molecule has 7 atom stereocenters. The highest BCUT2D eigenvalue weighted by Gasteiger charge is 2.54. The molecular formula is C17H30O6. The molecule has 3 aliphatic heterocycles. The van der Waals surface area contributed by atoms with Crippen LogP contribution in [0.2, 0.25) is 0 Å². The molecule has 0 saturated carbocycles. The standard InChI is InChI=1S/C17H30O6/c1-9(14-11(7-18)20-14)13-10(2)15(23-17(5,6)22-13)12-8-19-16(3,4)21-12/h9-15,18H,7-8H2,1-6H3/t9-,10-,11+,12+,13+,14+,15-/m0/s1. The molecular weight excluding hydrogens is 300 g/mol. The van der Waals surface area contributed by atoms with Gasteiger partial charge in [-0.05, 0) is 27.7 Å². The maximum Gasteiger partial charge on any atom is 0.163 e. The number of epoxide rings is 1. The van der Waals surface area contributed by atoms with Crippen LogP contribution in [-0.4, -0.2) is 60.4 Å². The van der Waals surface area contributed by atoms with Gasteiger partial charge in [0, 0.05) is 11.8 Å². The van der Waals surface area contributed by atoms with Gasteiger partial charge in [0.1, 0.15) is 12.2 Å². The topological polar surface area (TPSA) is 69.7 Å². The van der Waals surface area contributed by atoms with Crippen LogP contribution in [0.4, 0.5) is 0 Å². The van der Waals surface area contributed by atoms with Crippen molar-refractivity contribution in [3.05, 3.63) is 0 Å². The molecule has 134 valence electrons. The summed E-state index contributed by atoms with van der Waals surface area (Å²) in [6.07, 6.45) is -0.224.